The Morgan fingerprint density at radius 2 is 1.70 bits per heavy atom. The Morgan fingerprint density at radius 1 is 1.04 bits per heavy atom. The van der Waals surface area contributed by atoms with Crippen molar-refractivity contribution < 1.29 is 8.42 Å². The van der Waals surface area contributed by atoms with E-state index in [2.05, 4.69) is 4.98 Å². The zero-order chi connectivity index (χ0) is 16.4. The quantitative estimate of drug-likeness (QED) is 0.852. The summed E-state index contributed by atoms with van der Waals surface area (Å²) < 4.78 is 25.8. The van der Waals surface area contributed by atoms with Crippen molar-refractivity contribution in [1.82, 2.24) is 4.98 Å². The summed E-state index contributed by atoms with van der Waals surface area (Å²) in [7, 11) is -3.32. The van der Waals surface area contributed by atoms with Crippen molar-refractivity contribution in [2.45, 2.75) is 43.3 Å². The Bertz CT molecular complexity index is 819. The van der Waals surface area contributed by atoms with E-state index >= 15 is 0 Å². The molecule has 1 heterocycles. The van der Waals surface area contributed by atoms with Crippen molar-refractivity contribution in [3.05, 3.63) is 65.5 Å². The molecular formula is C19H21NO2S. The molecule has 120 valence electrons. The number of aryl methyl sites for hydroxylation is 2. The highest BCUT2D eigenvalue weighted by atomic mass is 32.2. The van der Waals surface area contributed by atoms with E-state index in [0.717, 1.165) is 35.1 Å². The first-order chi connectivity index (χ1) is 11.0. The van der Waals surface area contributed by atoms with Gasteiger partial charge in [0.25, 0.3) is 0 Å². The van der Waals surface area contributed by atoms with E-state index in [-0.39, 0.29) is 0 Å². The zero-order valence-electron chi connectivity index (χ0n) is 13.5. The van der Waals surface area contributed by atoms with Gasteiger partial charge in [-0.2, -0.15) is 0 Å². The van der Waals surface area contributed by atoms with E-state index in [4.69, 9.17) is 0 Å². The molecule has 0 amide bonds. The molecule has 0 N–H and O–H groups in total. The molecule has 0 saturated carbocycles. The summed E-state index contributed by atoms with van der Waals surface area (Å²) in [4.78, 5) is 4.62. The lowest BCUT2D eigenvalue weighted by molar-refractivity contribution is 0.578. The van der Waals surface area contributed by atoms with Crippen molar-refractivity contribution in [1.29, 1.82) is 0 Å². The van der Waals surface area contributed by atoms with Gasteiger partial charge in [0.2, 0.25) is 0 Å². The molecular weight excluding hydrogens is 306 g/mol. The normalized spacial score (nSPS) is 18.5. The summed E-state index contributed by atoms with van der Waals surface area (Å²) in [6.45, 7) is 4.07. The van der Waals surface area contributed by atoms with Crippen LogP contribution in [0.2, 0.25) is 0 Å². The highest BCUT2D eigenvalue weighted by Crippen LogP contribution is 2.34. The third kappa shape index (κ3) is 3.08. The number of allylic oxidation sites excluding steroid dienone is 1. The van der Waals surface area contributed by atoms with Crippen LogP contribution in [-0.4, -0.2) is 18.7 Å². The highest BCUT2D eigenvalue weighted by molar-refractivity contribution is 7.92. The average molecular weight is 327 g/mol. The molecule has 1 aromatic heterocycles. The van der Waals surface area contributed by atoms with E-state index in [9.17, 15) is 8.42 Å². The maximum Gasteiger partial charge on any atom is 0.184 e. The van der Waals surface area contributed by atoms with Crippen LogP contribution in [0.1, 0.15) is 36.0 Å². The first-order valence-corrected chi connectivity index (χ1v) is 9.46. The number of pyridine rings is 1. The second-order valence-corrected chi connectivity index (χ2v) is 8.30. The fourth-order valence-electron chi connectivity index (χ4n) is 3.33. The molecule has 1 unspecified atom stereocenters. The van der Waals surface area contributed by atoms with Crippen LogP contribution in [0.4, 0.5) is 0 Å². The van der Waals surface area contributed by atoms with E-state index in [1.807, 2.05) is 38.4 Å². The molecule has 1 atom stereocenters. The topological polar surface area (TPSA) is 47.0 Å². The van der Waals surface area contributed by atoms with E-state index in [1.54, 1.807) is 24.3 Å². The van der Waals surface area contributed by atoms with Crippen molar-refractivity contribution >= 4 is 15.4 Å². The number of sulfone groups is 1. The number of hydrogen-bond donors (Lipinski definition) is 0. The fourth-order valence-corrected chi connectivity index (χ4v) is 5.04. The SMILES string of the molecule is Cc1cncc(C)c1C1=CC(S(=O)(=O)c2ccccc2)CCC1. The molecule has 3 rings (SSSR count). The van der Waals surface area contributed by atoms with Gasteiger partial charge in [-0.15, -0.1) is 0 Å². The lowest BCUT2D eigenvalue weighted by Gasteiger charge is -2.23. The predicted molar refractivity (Wildman–Crippen MR) is 93.0 cm³/mol. The summed E-state index contributed by atoms with van der Waals surface area (Å²) >= 11 is 0. The van der Waals surface area contributed by atoms with Gasteiger partial charge < -0.3 is 0 Å². The number of rotatable bonds is 3. The van der Waals surface area contributed by atoms with Crippen LogP contribution in [0.25, 0.3) is 5.57 Å². The van der Waals surface area contributed by atoms with Crippen LogP contribution in [0.15, 0.2) is 53.7 Å². The molecule has 4 heteroatoms. The van der Waals surface area contributed by atoms with Crippen LogP contribution in [0.5, 0.6) is 0 Å². The monoisotopic (exact) mass is 327 g/mol. The maximum absolute atomic E-state index is 12.9. The number of nitrogens with zero attached hydrogens (tertiary/aromatic N) is 1. The number of benzene rings is 1. The van der Waals surface area contributed by atoms with Gasteiger partial charge in [-0.1, -0.05) is 24.3 Å². The summed E-state index contributed by atoms with van der Waals surface area (Å²) in [5.74, 6) is 0. The van der Waals surface area contributed by atoms with Gasteiger partial charge in [0, 0.05) is 12.4 Å². The fraction of sp³-hybridized carbons (Fsp3) is 0.316. The summed E-state index contributed by atoms with van der Waals surface area (Å²) in [6.07, 6.45) is 8.15. The molecule has 2 aromatic rings. The van der Waals surface area contributed by atoms with Crippen LogP contribution in [-0.2, 0) is 9.84 Å². The molecule has 0 fully saturated rings. The zero-order valence-corrected chi connectivity index (χ0v) is 14.3. The van der Waals surface area contributed by atoms with Crippen molar-refractivity contribution in [2.24, 2.45) is 0 Å². The average Bonchev–Trinajstić information content (AvgIpc) is 2.56. The molecule has 1 aliphatic carbocycles. The molecule has 23 heavy (non-hydrogen) atoms. The summed E-state index contributed by atoms with van der Waals surface area (Å²) in [5.41, 5.74) is 4.51. The van der Waals surface area contributed by atoms with Gasteiger partial charge in [-0.3, -0.25) is 4.98 Å². The molecule has 0 aliphatic heterocycles. The Morgan fingerprint density at radius 3 is 2.35 bits per heavy atom. The molecule has 1 aromatic carbocycles. The van der Waals surface area contributed by atoms with Gasteiger partial charge in [0.1, 0.15) is 0 Å². The first kappa shape index (κ1) is 15.9. The van der Waals surface area contributed by atoms with Crippen molar-refractivity contribution in [3.8, 4) is 0 Å². The Hall–Kier alpha value is -1.94. The second kappa shape index (κ2) is 6.28. The van der Waals surface area contributed by atoms with Crippen LogP contribution in [0.3, 0.4) is 0 Å². The minimum atomic E-state index is -3.32. The van der Waals surface area contributed by atoms with Gasteiger partial charge >= 0.3 is 0 Å². The molecule has 0 bridgehead atoms. The third-order valence-corrected chi connectivity index (χ3v) is 6.54. The van der Waals surface area contributed by atoms with Gasteiger partial charge in [0.15, 0.2) is 9.84 Å². The van der Waals surface area contributed by atoms with Crippen LogP contribution in [0, 0.1) is 13.8 Å². The van der Waals surface area contributed by atoms with E-state index in [1.165, 1.54) is 0 Å². The first-order valence-electron chi connectivity index (χ1n) is 7.91. The molecule has 0 saturated heterocycles. The van der Waals surface area contributed by atoms with Crippen LogP contribution < -0.4 is 0 Å². The lowest BCUT2D eigenvalue weighted by Crippen LogP contribution is -2.22. The molecule has 0 spiro atoms. The second-order valence-electron chi connectivity index (χ2n) is 6.13. The van der Waals surface area contributed by atoms with Crippen LogP contribution >= 0.6 is 0 Å². The van der Waals surface area contributed by atoms with E-state index in [0.29, 0.717) is 11.3 Å². The third-order valence-electron chi connectivity index (χ3n) is 4.44. The predicted octanol–water partition coefficient (Wildman–Crippen LogP) is 4.11. The van der Waals surface area contributed by atoms with Crippen molar-refractivity contribution in [2.75, 3.05) is 0 Å². The Kier molecular flexibility index (Phi) is 4.35. The summed E-state index contributed by atoms with van der Waals surface area (Å²) in [5, 5.41) is -0.444. The van der Waals surface area contributed by atoms with Gasteiger partial charge in [-0.25, -0.2) is 8.42 Å². The molecule has 3 nitrogen and oxygen atoms in total. The summed E-state index contributed by atoms with van der Waals surface area (Å²) in [6, 6.07) is 8.75. The highest BCUT2D eigenvalue weighted by Gasteiger charge is 2.29. The van der Waals surface area contributed by atoms with Crippen molar-refractivity contribution in [3.63, 3.8) is 0 Å². The van der Waals surface area contributed by atoms with Gasteiger partial charge in [-0.05, 0) is 67.5 Å². The Balaban J connectivity index is 2.03. The Labute approximate surface area is 138 Å². The molecule has 0 radical (unpaired) electrons. The van der Waals surface area contributed by atoms with E-state index < -0.39 is 15.1 Å². The number of hydrogen-bond acceptors (Lipinski definition) is 3. The molecule has 1 aliphatic rings. The maximum atomic E-state index is 12.9. The lowest BCUT2D eigenvalue weighted by atomic mass is 9.89. The minimum Gasteiger partial charge on any atom is -0.264 e. The number of aromatic nitrogens is 1. The largest absolute Gasteiger partial charge is 0.264 e. The minimum absolute atomic E-state index is 0.408. The standard InChI is InChI=1S/C19H21NO2S/c1-14-12-20-13-15(2)19(14)16-7-6-10-18(11-16)23(21,22)17-8-4-3-5-9-17/h3-5,8-9,11-13,18H,6-7,10H2,1-2H3. The van der Waals surface area contributed by atoms with Gasteiger partial charge in [0.05, 0.1) is 10.1 Å². The smallest absolute Gasteiger partial charge is 0.184 e.